The summed E-state index contributed by atoms with van der Waals surface area (Å²) in [5.74, 6) is 0.966. The topological polar surface area (TPSA) is 81.9 Å². The molecule has 4 rings (SSSR count). The molecule has 1 fully saturated rings. The quantitative estimate of drug-likeness (QED) is 0.678. The van der Waals surface area contributed by atoms with E-state index in [1.54, 1.807) is 0 Å². The molecule has 0 unspecified atom stereocenters. The molecule has 1 saturated carbocycles. The number of carbonyl (C=O) groups excluding carboxylic acids is 1. The lowest BCUT2D eigenvalue weighted by atomic mass is 10.2. The monoisotopic (exact) mass is 381 g/mol. The van der Waals surface area contributed by atoms with Crippen LogP contribution < -0.4 is 10.1 Å². The van der Waals surface area contributed by atoms with Crippen molar-refractivity contribution in [2.24, 2.45) is 0 Å². The minimum absolute atomic E-state index is 0.179. The second-order valence-electron chi connectivity index (χ2n) is 6.85. The lowest BCUT2D eigenvalue weighted by Crippen LogP contribution is -2.16. The Labute approximate surface area is 161 Å². The highest BCUT2D eigenvalue weighted by Crippen LogP contribution is 2.39. The molecule has 0 bridgehead atoms. The van der Waals surface area contributed by atoms with Crippen molar-refractivity contribution in [2.45, 2.75) is 32.1 Å². The van der Waals surface area contributed by atoms with Crippen molar-refractivity contribution in [1.82, 2.24) is 20.2 Å². The van der Waals surface area contributed by atoms with Gasteiger partial charge in [0.1, 0.15) is 17.3 Å². The molecule has 3 aromatic rings. The largest absolute Gasteiger partial charge is 0.493 e. The summed E-state index contributed by atoms with van der Waals surface area (Å²) >= 11 is 0. The van der Waals surface area contributed by atoms with Gasteiger partial charge in [0.15, 0.2) is 5.82 Å². The maximum Gasteiger partial charge on any atom is 0.227 e. The Balaban J connectivity index is 1.38. The fourth-order valence-electron chi connectivity index (χ4n) is 2.83. The van der Waals surface area contributed by atoms with Gasteiger partial charge in [-0.3, -0.25) is 4.79 Å². The number of tetrazole rings is 1. The van der Waals surface area contributed by atoms with Gasteiger partial charge in [0.25, 0.3) is 0 Å². The number of hydrogen-bond donors (Lipinski definition) is 1. The van der Waals surface area contributed by atoms with Crippen LogP contribution in [0.25, 0.3) is 5.69 Å². The van der Waals surface area contributed by atoms with Gasteiger partial charge < -0.3 is 10.1 Å². The average molecular weight is 381 g/mol. The molecule has 1 heterocycles. The number of anilines is 1. The zero-order valence-electron chi connectivity index (χ0n) is 15.4. The summed E-state index contributed by atoms with van der Waals surface area (Å²) in [7, 11) is 0. The fraction of sp³-hybridized carbons (Fsp3) is 0.300. The van der Waals surface area contributed by atoms with Crippen molar-refractivity contribution in [3.8, 4) is 11.4 Å². The van der Waals surface area contributed by atoms with E-state index in [1.165, 1.54) is 22.9 Å². The minimum atomic E-state index is -0.449. The summed E-state index contributed by atoms with van der Waals surface area (Å²) in [6.45, 7) is 2.25. The van der Waals surface area contributed by atoms with E-state index in [2.05, 4.69) is 20.8 Å². The molecule has 1 aromatic heterocycles. The van der Waals surface area contributed by atoms with Crippen LogP contribution in [0.15, 0.2) is 42.5 Å². The molecule has 7 nitrogen and oxygen atoms in total. The molecule has 0 saturated heterocycles. The number of carbonyl (C=O) groups is 1. The molecule has 0 spiro atoms. The van der Waals surface area contributed by atoms with Gasteiger partial charge in [-0.2, -0.15) is 4.68 Å². The summed E-state index contributed by atoms with van der Waals surface area (Å²) in [6.07, 6.45) is 2.18. The fourth-order valence-corrected chi connectivity index (χ4v) is 2.83. The molecule has 0 radical (unpaired) electrons. The minimum Gasteiger partial charge on any atom is -0.493 e. The van der Waals surface area contributed by atoms with Gasteiger partial charge in [-0.1, -0.05) is 17.7 Å². The third-order valence-corrected chi connectivity index (χ3v) is 4.51. The van der Waals surface area contributed by atoms with Crippen LogP contribution in [0.4, 0.5) is 10.1 Å². The van der Waals surface area contributed by atoms with E-state index in [1.807, 2.05) is 31.2 Å². The maximum atomic E-state index is 14.3. The number of rotatable bonds is 7. The third kappa shape index (κ3) is 4.16. The van der Waals surface area contributed by atoms with Gasteiger partial charge in [-0.15, -0.1) is 5.10 Å². The van der Waals surface area contributed by atoms with E-state index in [-0.39, 0.29) is 30.5 Å². The van der Waals surface area contributed by atoms with Gasteiger partial charge in [-0.25, -0.2) is 4.39 Å². The Morgan fingerprint density at radius 3 is 2.79 bits per heavy atom. The van der Waals surface area contributed by atoms with Crippen LogP contribution in [0.3, 0.4) is 0 Å². The lowest BCUT2D eigenvalue weighted by Gasteiger charge is -2.10. The second-order valence-corrected chi connectivity index (χ2v) is 6.85. The maximum absolute atomic E-state index is 14.3. The zero-order valence-corrected chi connectivity index (χ0v) is 15.4. The van der Waals surface area contributed by atoms with Crippen molar-refractivity contribution in [1.29, 1.82) is 0 Å². The average Bonchev–Trinajstić information content (AvgIpc) is 3.42. The van der Waals surface area contributed by atoms with Crippen LogP contribution in [-0.2, 0) is 4.79 Å². The SMILES string of the molecule is Cc1ccc(OCCC(=O)Nc2ccc(F)c(-n3nnnc3C3CC3)c2)cc1. The number of aryl methyl sites for hydroxylation is 1. The van der Waals surface area contributed by atoms with E-state index in [0.717, 1.165) is 18.4 Å². The Morgan fingerprint density at radius 1 is 1.25 bits per heavy atom. The molecule has 1 aliphatic rings. The Hall–Kier alpha value is -3.29. The Morgan fingerprint density at radius 2 is 2.04 bits per heavy atom. The summed E-state index contributed by atoms with van der Waals surface area (Å²) in [5, 5.41) is 14.3. The highest BCUT2D eigenvalue weighted by molar-refractivity contribution is 5.91. The van der Waals surface area contributed by atoms with Crippen molar-refractivity contribution >= 4 is 11.6 Å². The van der Waals surface area contributed by atoms with E-state index in [0.29, 0.717) is 17.3 Å². The number of benzene rings is 2. The van der Waals surface area contributed by atoms with Crippen LogP contribution in [-0.4, -0.2) is 32.7 Å². The van der Waals surface area contributed by atoms with Crippen LogP contribution >= 0.6 is 0 Å². The molecule has 28 heavy (non-hydrogen) atoms. The number of nitrogens with zero attached hydrogens (tertiary/aromatic N) is 4. The highest BCUT2D eigenvalue weighted by atomic mass is 19.1. The molecule has 2 aromatic carbocycles. The van der Waals surface area contributed by atoms with Gasteiger partial charge in [0, 0.05) is 11.6 Å². The molecule has 0 aliphatic heterocycles. The van der Waals surface area contributed by atoms with Crippen molar-refractivity contribution in [2.75, 3.05) is 11.9 Å². The van der Waals surface area contributed by atoms with E-state index in [9.17, 15) is 9.18 Å². The summed E-state index contributed by atoms with van der Waals surface area (Å²) in [5.41, 5.74) is 1.85. The first-order chi connectivity index (χ1) is 13.6. The summed E-state index contributed by atoms with van der Waals surface area (Å²) in [6, 6.07) is 12.0. The molecule has 1 amide bonds. The van der Waals surface area contributed by atoms with E-state index < -0.39 is 5.82 Å². The van der Waals surface area contributed by atoms with Gasteiger partial charge in [0.05, 0.1) is 13.0 Å². The van der Waals surface area contributed by atoms with E-state index in [4.69, 9.17) is 4.74 Å². The number of aromatic nitrogens is 4. The molecule has 1 N–H and O–H groups in total. The van der Waals surface area contributed by atoms with Crippen LogP contribution in [0, 0.1) is 12.7 Å². The molecule has 0 atom stereocenters. The predicted octanol–water partition coefficient (Wildman–Crippen LogP) is 3.39. The molecule has 8 heteroatoms. The smallest absolute Gasteiger partial charge is 0.227 e. The van der Waals surface area contributed by atoms with Crippen molar-refractivity contribution in [3.63, 3.8) is 0 Å². The molecule has 144 valence electrons. The van der Waals surface area contributed by atoms with Gasteiger partial charge in [0.2, 0.25) is 5.91 Å². The van der Waals surface area contributed by atoms with Crippen LogP contribution in [0.5, 0.6) is 5.75 Å². The molecule has 1 aliphatic carbocycles. The van der Waals surface area contributed by atoms with Crippen LogP contribution in [0.2, 0.25) is 0 Å². The number of ether oxygens (including phenoxy) is 1. The van der Waals surface area contributed by atoms with Gasteiger partial charge >= 0.3 is 0 Å². The van der Waals surface area contributed by atoms with Gasteiger partial charge in [-0.05, 0) is 60.5 Å². The summed E-state index contributed by atoms with van der Waals surface area (Å²) < 4.78 is 21.3. The normalized spacial score (nSPS) is 13.4. The number of hydrogen-bond acceptors (Lipinski definition) is 5. The Kier molecular flexibility index (Phi) is 5.01. The first kappa shape index (κ1) is 18.1. The predicted molar refractivity (Wildman–Crippen MR) is 101 cm³/mol. The zero-order chi connectivity index (χ0) is 19.5. The molecular weight excluding hydrogens is 361 g/mol. The number of amides is 1. The number of nitrogens with one attached hydrogen (secondary N) is 1. The highest BCUT2D eigenvalue weighted by Gasteiger charge is 2.30. The van der Waals surface area contributed by atoms with Crippen molar-refractivity contribution in [3.05, 3.63) is 59.7 Å². The summed E-state index contributed by atoms with van der Waals surface area (Å²) in [4.78, 5) is 12.2. The Bertz CT molecular complexity index is 983. The second kappa shape index (κ2) is 7.75. The van der Waals surface area contributed by atoms with Crippen molar-refractivity contribution < 1.29 is 13.9 Å². The first-order valence-corrected chi connectivity index (χ1v) is 9.17. The lowest BCUT2D eigenvalue weighted by molar-refractivity contribution is -0.116. The van der Waals surface area contributed by atoms with E-state index >= 15 is 0 Å². The third-order valence-electron chi connectivity index (χ3n) is 4.51. The standard InChI is InChI=1S/C20H20FN5O2/c1-13-2-7-16(8-3-13)28-11-10-19(27)22-15-6-9-17(21)18(12-15)26-20(14-4-5-14)23-24-25-26/h2-3,6-9,12,14H,4-5,10-11H2,1H3,(H,22,27). The number of halogens is 1. The molecular formula is C20H20FN5O2. The first-order valence-electron chi connectivity index (χ1n) is 9.17. The van der Waals surface area contributed by atoms with Crippen LogP contribution in [0.1, 0.15) is 36.6 Å².